The van der Waals surface area contributed by atoms with E-state index in [2.05, 4.69) is 39.6 Å². The van der Waals surface area contributed by atoms with Gasteiger partial charge in [-0.2, -0.15) is 0 Å². The van der Waals surface area contributed by atoms with Crippen LogP contribution in [0.2, 0.25) is 0 Å². The van der Waals surface area contributed by atoms with Crippen LogP contribution < -0.4 is 0 Å². The average molecular weight is 238 g/mol. The summed E-state index contributed by atoms with van der Waals surface area (Å²) in [4.78, 5) is 3.43. The number of aromatic nitrogens is 4. The molecule has 4 rings (SSSR count). The van der Waals surface area contributed by atoms with Crippen molar-refractivity contribution < 1.29 is 0 Å². The second-order valence-corrected chi connectivity index (χ2v) is 5.02. The normalized spacial score (nSPS) is 15.3. The molecule has 0 radical (unpaired) electrons. The van der Waals surface area contributed by atoms with E-state index < -0.39 is 0 Å². The molecule has 4 nitrogen and oxygen atoms in total. The summed E-state index contributed by atoms with van der Waals surface area (Å²) in [5, 5.41) is 9.10. The van der Waals surface area contributed by atoms with Crippen molar-refractivity contribution in [1.29, 1.82) is 0 Å². The number of fused-ring (bicyclic) bond motifs is 1. The molecular formula is C14H14N4. The zero-order chi connectivity index (χ0) is 11.9. The first-order valence-electron chi connectivity index (χ1n) is 6.34. The maximum Gasteiger partial charge on any atom is 0.0827 e. The van der Waals surface area contributed by atoms with Gasteiger partial charge >= 0.3 is 0 Å². The predicted molar refractivity (Wildman–Crippen MR) is 69.4 cm³/mol. The van der Waals surface area contributed by atoms with Crippen LogP contribution in [-0.4, -0.2) is 20.0 Å². The molecular weight excluding hydrogens is 224 g/mol. The average Bonchev–Trinajstić information content (AvgIpc) is 2.96. The Bertz CT molecular complexity index is 677. The fourth-order valence-corrected chi connectivity index (χ4v) is 2.46. The molecule has 0 spiro atoms. The summed E-state index contributed by atoms with van der Waals surface area (Å²) in [5.41, 5.74) is 3.85. The third-order valence-corrected chi connectivity index (χ3v) is 3.55. The quantitative estimate of drug-likeness (QED) is 0.762. The third-order valence-electron chi connectivity index (χ3n) is 3.55. The molecule has 4 heteroatoms. The van der Waals surface area contributed by atoms with Crippen molar-refractivity contribution in [2.45, 2.75) is 25.3 Å². The summed E-state index contributed by atoms with van der Waals surface area (Å²) >= 11 is 0. The maximum atomic E-state index is 3.98. The molecule has 1 saturated carbocycles. The number of aromatic amines is 1. The van der Waals surface area contributed by atoms with Crippen molar-refractivity contribution in [3.05, 3.63) is 47.9 Å². The largest absolute Gasteiger partial charge is 0.357 e. The fraction of sp³-hybridized carbons (Fsp3) is 0.286. The van der Waals surface area contributed by atoms with Gasteiger partial charge in [0.15, 0.2) is 0 Å². The monoisotopic (exact) mass is 238 g/mol. The number of nitrogens with zero attached hydrogens (tertiary/aromatic N) is 3. The smallest absolute Gasteiger partial charge is 0.0827 e. The van der Waals surface area contributed by atoms with Crippen molar-refractivity contribution in [3.63, 3.8) is 0 Å². The van der Waals surface area contributed by atoms with E-state index in [9.17, 15) is 0 Å². The highest BCUT2D eigenvalue weighted by Gasteiger charge is 2.23. The van der Waals surface area contributed by atoms with Crippen LogP contribution in [0.1, 0.15) is 30.0 Å². The lowest BCUT2D eigenvalue weighted by molar-refractivity contribution is 0.642. The zero-order valence-corrected chi connectivity index (χ0v) is 10.0. The van der Waals surface area contributed by atoms with Gasteiger partial charge in [-0.3, -0.25) is 0 Å². The van der Waals surface area contributed by atoms with Crippen LogP contribution in [0.4, 0.5) is 0 Å². The fourth-order valence-electron chi connectivity index (χ4n) is 2.46. The van der Waals surface area contributed by atoms with Crippen LogP contribution in [0.5, 0.6) is 0 Å². The van der Waals surface area contributed by atoms with E-state index in [1.165, 1.54) is 35.0 Å². The van der Waals surface area contributed by atoms with Crippen molar-refractivity contribution in [2.75, 3.05) is 0 Å². The molecule has 1 aliphatic rings. The third kappa shape index (κ3) is 1.70. The minimum absolute atomic E-state index is 0.743. The van der Waals surface area contributed by atoms with E-state index in [1.807, 2.05) is 10.9 Å². The molecule has 1 aliphatic carbocycles. The van der Waals surface area contributed by atoms with Gasteiger partial charge in [-0.15, -0.1) is 5.10 Å². The lowest BCUT2D eigenvalue weighted by Crippen LogP contribution is -2.00. The Hall–Kier alpha value is -2.10. The summed E-state index contributed by atoms with van der Waals surface area (Å²) in [6.45, 7) is 0.743. The van der Waals surface area contributed by atoms with Crippen molar-refractivity contribution in [3.8, 4) is 0 Å². The predicted octanol–water partition coefficient (Wildman–Crippen LogP) is 2.69. The van der Waals surface area contributed by atoms with E-state index in [0.29, 0.717) is 0 Å². The number of hydrogen-bond donors (Lipinski definition) is 1. The number of nitrogens with one attached hydrogen (secondary N) is 1. The Morgan fingerprint density at radius 2 is 2.22 bits per heavy atom. The lowest BCUT2D eigenvalue weighted by Gasteiger charge is -1.96. The summed E-state index contributed by atoms with van der Waals surface area (Å²) in [5.74, 6) is 0.808. The molecule has 0 unspecified atom stereocenters. The molecule has 1 N–H and O–H groups in total. The highest BCUT2D eigenvalue weighted by atomic mass is 15.4. The highest BCUT2D eigenvalue weighted by molar-refractivity contribution is 5.81. The first kappa shape index (κ1) is 9.88. The van der Waals surface area contributed by atoms with Gasteiger partial charge in [0.25, 0.3) is 0 Å². The molecule has 0 amide bonds. The Balaban J connectivity index is 1.70. The molecule has 1 aromatic carbocycles. The first-order chi connectivity index (χ1) is 8.88. The SMILES string of the molecule is c1cn(Cc2cc3cc(C4CC4)ccc3[nH]2)nn1. The van der Waals surface area contributed by atoms with E-state index in [-0.39, 0.29) is 0 Å². The Kier molecular flexibility index (Phi) is 2.03. The summed E-state index contributed by atoms with van der Waals surface area (Å²) in [7, 11) is 0. The summed E-state index contributed by atoms with van der Waals surface area (Å²) < 4.78 is 1.83. The molecule has 0 aliphatic heterocycles. The Morgan fingerprint density at radius 1 is 1.28 bits per heavy atom. The zero-order valence-electron chi connectivity index (χ0n) is 10.0. The van der Waals surface area contributed by atoms with Crippen LogP contribution >= 0.6 is 0 Å². The molecule has 1 fully saturated rings. The van der Waals surface area contributed by atoms with Gasteiger partial charge in [0.2, 0.25) is 0 Å². The molecule has 0 atom stereocenters. The van der Waals surface area contributed by atoms with Crippen LogP contribution in [0.15, 0.2) is 36.7 Å². The second-order valence-electron chi connectivity index (χ2n) is 5.02. The Labute approximate surface area is 105 Å². The van der Waals surface area contributed by atoms with Crippen LogP contribution in [0, 0.1) is 0 Å². The van der Waals surface area contributed by atoms with E-state index in [4.69, 9.17) is 0 Å². The van der Waals surface area contributed by atoms with Crippen molar-refractivity contribution >= 4 is 10.9 Å². The van der Waals surface area contributed by atoms with Gasteiger partial charge in [-0.1, -0.05) is 11.3 Å². The lowest BCUT2D eigenvalue weighted by atomic mass is 10.1. The summed E-state index contributed by atoms with van der Waals surface area (Å²) in [6.07, 6.45) is 6.28. The second kappa shape index (κ2) is 3.70. The summed E-state index contributed by atoms with van der Waals surface area (Å²) in [6, 6.07) is 8.96. The number of benzene rings is 1. The van der Waals surface area contributed by atoms with Crippen LogP contribution in [0.25, 0.3) is 10.9 Å². The molecule has 18 heavy (non-hydrogen) atoms. The standard InChI is InChI=1S/C14H14N4/c1-2-10(1)11-3-4-14-12(7-11)8-13(16-14)9-18-6-5-15-17-18/h3-8,10,16H,1-2,9H2. The topological polar surface area (TPSA) is 46.5 Å². The minimum Gasteiger partial charge on any atom is -0.357 e. The van der Waals surface area contributed by atoms with Gasteiger partial charge in [-0.25, -0.2) is 4.68 Å². The van der Waals surface area contributed by atoms with Gasteiger partial charge in [0.05, 0.1) is 12.7 Å². The van der Waals surface area contributed by atoms with Crippen molar-refractivity contribution in [2.24, 2.45) is 0 Å². The molecule has 2 heterocycles. The molecule has 90 valence electrons. The van der Waals surface area contributed by atoms with E-state index in [0.717, 1.165) is 12.5 Å². The van der Waals surface area contributed by atoms with Gasteiger partial charge in [-0.05, 0) is 47.9 Å². The minimum atomic E-state index is 0.743. The molecule has 0 bridgehead atoms. The molecule has 3 aromatic rings. The van der Waals surface area contributed by atoms with Crippen LogP contribution in [-0.2, 0) is 6.54 Å². The van der Waals surface area contributed by atoms with E-state index >= 15 is 0 Å². The molecule has 0 saturated heterocycles. The van der Waals surface area contributed by atoms with E-state index in [1.54, 1.807) is 6.20 Å². The van der Waals surface area contributed by atoms with Gasteiger partial charge < -0.3 is 4.98 Å². The molecule has 2 aromatic heterocycles. The maximum absolute atomic E-state index is 3.98. The Morgan fingerprint density at radius 3 is 3.00 bits per heavy atom. The van der Waals surface area contributed by atoms with Gasteiger partial charge in [0.1, 0.15) is 0 Å². The van der Waals surface area contributed by atoms with Gasteiger partial charge in [0, 0.05) is 17.4 Å². The highest BCUT2D eigenvalue weighted by Crippen LogP contribution is 2.40. The first-order valence-corrected chi connectivity index (χ1v) is 6.34. The number of hydrogen-bond acceptors (Lipinski definition) is 2. The van der Waals surface area contributed by atoms with Crippen molar-refractivity contribution in [1.82, 2.24) is 20.0 Å². The number of rotatable bonds is 3. The number of H-pyrrole nitrogens is 1. The van der Waals surface area contributed by atoms with Crippen LogP contribution in [0.3, 0.4) is 0 Å².